The summed E-state index contributed by atoms with van der Waals surface area (Å²) in [5, 5.41) is 3.43. The van der Waals surface area contributed by atoms with Gasteiger partial charge >= 0.3 is 0 Å². The minimum atomic E-state index is 0.370. The fourth-order valence-corrected chi connectivity index (χ4v) is 2.94. The second kappa shape index (κ2) is 5.19. The third-order valence-electron chi connectivity index (χ3n) is 4.04. The monoisotopic (exact) mass is 247 g/mol. The molecule has 1 aromatic rings. The fraction of sp³-hybridized carbons (Fsp3) is 0.600. The van der Waals surface area contributed by atoms with Crippen molar-refractivity contribution < 1.29 is 9.47 Å². The normalized spacial score (nSPS) is 19.2. The highest BCUT2D eigenvalue weighted by Gasteiger charge is 2.19. The molecule has 3 rings (SSSR count). The molecule has 1 N–H and O–H groups in total. The molecule has 0 atom stereocenters. The Morgan fingerprint density at radius 3 is 2.44 bits per heavy atom. The van der Waals surface area contributed by atoms with Gasteiger partial charge in [0.15, 0.2) is 11.5 Å². The van der Waals surface area contributed by atoms with E-state index in [1.807, 2.05) is 0 Å². The van der Waals surface area contributed by atoms with Gasteiger partial charge in [0.2, 0.25) is 6.79 Å². The lowest BCUT2D eigenvalue weighted by Crippen LogP contribution is -2.28. The molecule has 2 aliphatic heterocycles. The predicted octanol–water partition coefficient (Wildman–Crippen LogP) is 2.52. The van der Waals surface area contributed by atoms with Crippen LogP contribution in [0, 0.1) is 5.92 Å². The summed E-state index contributed by atoms with van der Waals surface area (Å²) in [7, 11) is 0. The number of fused-ring (bicyclic) bond motifs is 1. The Morgan fingerprint density at radius 1 is 1.11 bits per heavy atom. The summed E-state index contributed by atoms with van der Waals surface area (Å²) < 4.78 is 10.9. The van der Waals surface area contributed by atoms with Gasteiger partial charge in [-0.2, -0.15) is 0 Å². The zero-order valence-corrected chi connectivity index (χ0v) is 11.0. The lowest BCUT2D eigenvalue weighted by atomic mass is 9.88. The first-order valence-corrected chi connectivity index (χ1v) is 6.99. The zero-order chi connectivity index (χ0) is 12.4. The maximum Gasteiger partial charge on any atom is 0.231 e. The van der Waals surface area contributed by atoms with Crippen LogP contribution >= 0.6 is 0 Å². The average Bonchev–Trinajstić information content (AvgIpc) is 2.86. The Hall–Kier alpha value is -1.22. The Labute approximate surface area is 108 Å². The van der Waals surface area contributed by atoms with Gasteiger partial charge in [-0.1, -0.05) is 6.92 Å². The third kappa shape index (κ3) is 2.32. The number of benzene rings is 1. The van der Waals surface area contributed by atoms with Crippen molar-refractivity contribution in [3.05, 3.63) is 23.3 Å². The van der Waals surface area contributed by atoms with E-state index in [9.17, 15) is 0 Å². The molecule has 3 nitrogen and oxygen atoms in total. The molecule has 1 saturated heterocycles. The molecule has 1 fully saturated rings. The summed E-state index contributed by atoms with van der Waals surface area (Å²) in [6.07, 6.45) is 4.83. The van der Waals surface area contributed by atoms with Gasteiger partial charge in [0.1, 0.15) is 0 Å². The summed E-state index contributed by atoms with van der Waals surface area (Å²) in [5.41, 5.74) is 2.87. The number of aryl methyl sites for hydroxylation is 1. The summed E-state index contributed by atoms with van der Waals surface area (Å²) in [5.74, 6) is 2.66. The van der Waals surface area contributed by atoms with E-state index in [4.69, 9.17) is 9.47 Å². The molecule has 98 valence electrons. The topological polar surface area (TPSA) is 30.5 Å². The van der Waals surface area contributed by atoms with Crippen LogP contribution in [0.25, 0.3) is 0 Å². The first kappa shape index (κ1) is 11.8. The van der Waals surface area contributed by atoms with Crippen molar-refractivity contribution in [2.45, 2.75) is 32.6 Å². The average molecular weight is 247 g/mol. The van der Waals surface area contributed by atoms with Crippen LogP contribution in [0.2, 0.25) is 0 Å². The summed E-state index contributed by atoms with van der Waals surface area (Å²) in [6, 6.07) is 4.36. The van der Waals surface area contributed by atoms with E-state index >= 15 is 0 Å². The summed E-state index contributed by atoms with van der Waals surface area (Å²) in [6.45, 7) is 4.91. The van der Waals surface area contributed by atoms with Crippen molar-refractivity contribution in [1.82, 2.24) is 5.32 Å². The fourth-order valence-electron chi connectivity index (χ4n) is 2.94. The van der Waals surface area contributed by atoms with Crippen LogP contribution in [0.3, 0.4) is 0 Å². The van der Waals surface area contributed by atoms with Gasteiger partial charge in [-0.25, -0.2) is 0 Å². The van der Waals surface area contributed by atoms with E-state index < -0.39 is 0 Å². The number of nitrogens with one attached hydrogen (secondary N) is 1. The quantitative estimate of drug-likeness (QED) is 0.890. The van der Waals surface area contributed by atoms with Gasteiger partial charge in [-0.3, -0.25) is 0 Å². The smallest absolute Gasteiger partial charge is 0.231 e. The van der Waals surface area contributed by atoms with E-state index in [2.05, 4.69) is 24.4 Å². The van der Waals surface area contributed by atoms with Gasteiger partial charge in [-0.15, -0.1) is 0 Å². The Kier molecular flexibility index (Phi) is 3.41. The van der Waals surface area contributed by atoms with Gasteiger partial charge in [-0.05, 0) is 68.0 Å². The van der Waals surface area contributed by atoms with Crippen LogP contribution in [0.1, 0.15) is 30.9 Å². The summed E-state index contributed by atoms with van der Waals surface area (Å²) >= 11 is 0. The van der Waals surface area contributed by atoms with Crippen molar-refractivity contribution in [3.8, 4) is 11.5 Å². The Balaban J connectivity index is 1.81. The lowest BCUT2D eigenvalue weighted by Gasteiger charge is -2.23. The molecule has 0 spiro atoms. The molecular weight excluding hydrogens is 226 g/mol. The molecule has 0 amide bonds. The van der Waals surface area contributed by atoms with E-state index in [0.717, 1.165) is 36.9 Å². The van der Waals surface area contributed by atoms with Crippen LogP contribution in [0.4, 0.5) is 0 Å². The maximum atomic E-state index is 5.49. The molecule has 18 heavy (non-hydrogen) atoms. The number of hydrogen-bond donors (Lipinski definition) is 1. The van der Waals surface area contributed by atoms with Crippen LogP contribution in [0.5, 0.6) is 11.5 Å². The van der Waals surface area contributed by atoms with Gasteiger partial charge in [0.05, 0.1) is 0 Å². The van der Waals surface area contributed by atoms with E-state index in [0.29, 0.717) is 6.79 Å². The van der Waals surface area contributed by atoms with Gasteiger partial charge in [0, 0.05) is 0 Å². The minimum Gasteiger partial charge on any atom is -0.454 e. The second-order valence-corrected chi connectivity index (χ2v) is 5.23. The van der Waals surface area contributed by atoms with E-state index in [1.54, 1.807) is 0 Å². The van der Waals surface area contributed by atoms with Gasteiger partial charge < -0.3 is 14.8 Å². The molecule has 0 radical (unpaired) electrons. The lowest BCUT2D eigenvalue weighted by molar-refractivity contribution is 0.174. The van der Waals surface area contributed by atoms with Crippen molar-refractivity contribution in [1.29, 1.82) is 0 Å². The largest absolute Gasteiger partial charge is 0.454 e. The van der Waals surface area contributed by atoms with Crippen molar-refractivity contribution in [2.75, 3.05) is 19.9 Å². The molecular formula is C15H21NO2. The number of rotatable bonds is 3. The molecule has 0 aromatic heterocycles. The number of piperidine rings is 1. The highest BCUT2D eigenvalue weighted by atomic mass is 16.7. The number of ether oxygens (including phenoxy) is 2. The zero-order valence-electron chi connectivity index (χ0n) is 11.0. The van der Waals surface area contributed by atoms with Crippen molar-refractivity contribution in [2.24, 2.45) is 5.92 Å². The third-order valence-corrected chi connectivity index (χ3v) is 4.04. The molecule has 2 heterocycles. The molecule has 1 aromatic carbocycles. The van der Waals surface area contributed by atoms with Gasteiger partial charge in [0.25, 0.3) is 0 Å². The molecule has 3 heteroatoms. The number of hydrogen-bond acceptors (Lipinski definition) is 3. The summed E-state index contributed by atoms with van der Waals surface area (Å²) in [4.78, 5) is 0. The Morgan fingerprint density at radius 2 is 1.78 bits per heavy atom. The Bertz CT molecular complexity index is 425. The molecule has 0 bridgehead atoms. The van der Waals surface area contributed by atoms with Crippen LogP contribution in [0.15, 0.2) is 12.1 Å². The highest BCUT2D eigenvalue weighted by Crippen LogP contribution is 2.36. The highest BCUT2D eigenvalue weighted by molar-refractivity contribution is 5.49. The van der Waals surface area contributed by atoms with Crippen molar-refractivity contribution >= 4 is 0 Å². The van der Waals surface area contributed by atoms with Crippen molar-refractivity contribution in [3.63, 3.8) is 0 Å². The maximum absolute atomic E-state index is 5.49. The van der Waals surface area contributed by atoms with E-state index in [-0.39, 0.29) is 0 Å². The standard InChI is InChI=1S/C15H21NO2/c1-2-12-8-14-15(18-10-17-14)9-13(12)7-11-3-5-16-6-4-11/h8-9,11,16H,2-7,10H2,1H3. The second-order valence-electron chi connectivity index (χ2n) is 5.23. The molecule has 2 aliphatic rings. The first-order chi connectivity index (χ1) is 8.86. The van der Waals surface area contributed by atoms with Crippen LogP contribution in [-0.2, 0) is 12.8 Å². The van der Waals surface area contributed by atoms with E-state index in [1.165, 1.54) is 30.4 Å². The first-order valence-electron chi connectivity index (χ1n) is 6.99. The molecule has 0 saturated carbocycles. The van der Waals surface area contributed by atoms with Crippen LogP contribution in [-0.4, -0.2) is 19.9 Å². The van der Waals surface area contributed by atoms with Crippen LogP contribution < -0.4 is 14.8 Å². The molecule has 0 aliphatic carbocycles. The minimum absolute atomic E-state index is 0.370. The predicted molar refractivity (Wildman–Crippen MR) is 71.2 cm³/mol. The molecule has 0 unspecified atom stereocenters. The SMILES string of the molecule is CCc1cc2c(cc1CC1CCNCC1)OCO2.